The average molecular weight is 262 g/mol. The van der Waals surface area contributed by atoms with Crippen LogP contribution >= 0.6 is 0 Å². The summed E-state index contributed by atoms with van der Waals surface area (Å²) in [7, 11) is -4.48. The predicted molar refractivity (Wildman–Crippen MR) is 58.5 cm³/mol. The Kier molecular flexibility index (Phi) is 3.99. The Morgan fingerprint density at radius 3 is 2.53 bits per heavy atom. The molecule has 1 rings (SSSR count). The van der Waals surface area contributed by atoms with Gasteiger partial charge in [-0.25, -0.2) is 0 Å². The maximum absolute atomic E-state index is 10.8. The number of nitrogens with one attached hydrogen (secondary N) is 1. The first-order valence-electron chi connectivity index (χ1n) is 4.47. The highest BCUT2D eigenvalue weighted by Crippen LogP contribution is 2.27. The Bertz CT molecular complexity index is 527. The van der Waals surface area contributed by atoms with Gasteiger partial charge >= 0.3 is 0 Å². The first kappa shape index (κ1) is 13.4. The summed E-state index contributed by atoms with van der Waals surface area (Å²) in [6, 6.07) is 2.92. The van der Waals surface area contributed by atoms with E-state index in [-0.39, 0.29) is 18.8 Å². The highest BCUT2D eigenvalue weighted by atomic mass is 32.2. The van der Waals surface area contributed by atoms with Gasteiger partial charge in [-0.1, -0.05) is 0 Å². The molecule has 1 aromatic carbocycles. The summed E-state index contributed by atoms with van der Waals surface area (Å²) in [5.74, 6) is 0. The molecule has 0 spiro atoms. The summed E-state index contributed by atoms with van der Waals surface area (Å²) in [5, 5.41) is 21.8. The van der Waals surface area contributed by atoms with E-state index in [9.17, 15) is 18.5 Å². The fourth-order valence-corrected chi connectivity index (χ4v) is 1.66. The van der Waals surface area contributed by atoms with E-state index in [0.29, 0.717) is 0 Å². The van der Waals surface area contributed by atoms with Crippen molar-refractivity contribution >= 4 is 21.5 Å². The zero-order valence-corrected chi connectivity index (χ0v) is 9.35. The number of hydrogen-bond donors (Lipinski definition) is 3. The lowest BCUT2D eigenvalue weighted by Crippen LogP contribution is -2.08. The molecule has 0 saturated carbocycles. The summed E-state index contributed by atoms with van der Waals surface area (Å²) in [6.07, 6.45) is 0. The van der Waals surface area contributed by atoms with Crippen LogP contribution in [0.25, 0.3) is 0 Å². The molecule has 0 aliphatic carbocycles. The number of aliphatic hydroxyl groups is 1. The second-order valence-electron chi connectivity index (χ2n) is 3.06. The number of nitro benzene ring substituents is 1. The van der Waals surface area contributed by atoms with Gasteiger partial charge in [0.15, 0.2) is 0 Å². The summed E-state index contributed by atoms with van der Waals surface area (Å²) >= 11 is 0. The topological polar surface area (TPSA) is 130 Å². The highest BCUT2D eigenvalue weighted by molar-refractivity contribution is 7.85. The second kappa shape index (κ2) is 5.08. The van der Waals surface area contributed by atoms with E-state index in [2.05, 4.69) is 5.32 Å². The van der Waals surface area contributed by atoms with Gasteiger partial charge in [0, 0.05) is 12.6 Å². The standard InChI is InChI=1S/C8H10N2O6S/c11-4-3-9-7-2-1-6(17(14,15)16)5-8(7)10(12)13/h1-2,5,9,11H,3-4H2,(H,14,15,16). The van der Waals surface area contributed by atoms with Crippen molar-refractivity contribution in [2.75, 3.05) is 18.5 Å². The molecule has 0 aliphatic heterocycles. The largest absolute Gasteiger partial charge is 0.395 e. The average Bonchev–Trinajstić information content (AvgIpc) is 2.24. The Morgan fingerprint density at radius 1 is 1.41 bits per heavy atom. The van der Waals surface area contributed by atoms with Crippen molar-refractivity contribution in [1.82, 2.24) is 0 Å². The lowest BCUT2D eigenvalue weighted by Gasteiger charge is -2.06. The van der Waals surface area contributed by atoms with Gasteiger partial charge in [-0.2, -0.15) is 8.42 Å². The Morgan fingerprint density at radius 2 is 2.06 bits per heavy atom. The first-order valence-corrected chi connectivity index (χ1v) is 5.91. The van der Waals surface area contributed by atoms with Crippen LogP contribution in [0.2, 0.25) is 0 Å². The number of anilines is 1. The van der Waals surface area contributed by atoms with E-state index < -0.39 is 25.6 Å². The van der Waals surface area contributed by atoms with Crippen LogP contribution in [-0.4, -0.2) is 36.2 Å². The van der Waals surface area contributed by atoms with E-state index >= 15 is 0 Å². The lowest BCUT2D eigenvalue weighted by atomic mass is 10.2. The minimum absolute atomic E-state index is 0.0662. The maximum Gasteiger partial charge on any atom is 0.294 e. The van der Waals surface area contributed by atoms with Gasteiger partial charge in [-0.3, -0.25) is 14.7 Å². The molecule has 0 bridgehead atoms. The smallest absolute Gasteiger partial charge is 0.294 e. The van der Waals surface area contributed by atoms with E-state index in [1.54, 1.807) is 0 Å². The van der Waals surface area contributed by atoms with Crippen molar-refractivity contribution in [3.8, 4) is 0 Å². The minimum atomic E-state index is -4.48. The minimum Gasteiger partial charge on any atom is -0.395 e. The van der Waals surface area contributed by atoms with Crippen molar-refractivity contribution in [3.05, 3.63) is 28.3 Å². The van der Waals surface area contributed by atoms with E-state index in [1.165, 1.54) is 0 Å². The van der Waals surface area contributed by atoms with Crippen LogP contribution < -0.4 is 5.32 Å². The van der Waals surface area contributed by atoms with Crippen LogP contribution in [0.4, 0.5) is 11.4 Å². The highest BCUT2D eigenvalue weighted by Gasteiger charge is 2.19. The van der Waals surface area contributed by atoms with E-state index in [0.717, 1.165) is 18.2 Å². The summed E-state index contributed by atoms with van der Waals surface area (Å²) in [4.78, 5) is 9.35. The predicted octanol–water partition coefficient (Wildman–Crippen LogP) is 0.246. The molecule has 0 atom stereocenters. The molecule has 0 amide bonds. The number of nitro groups is 1. The molecule has 0 fully saturated rings. The number of benzene rings is 1. The summed E-state index contributed by atoms with van der Waals surface area (Å²) < 4.78 is 30.4. The normalized spacial score (nSPS) is 11.2. The van der Waals surface area contributed by atoms with Crippen molar-refractivity contribution in [3.63, 3.8) is 0 Å². The van der Waals surface area contributed by atoms with Crippen LogP contribution in [-0.2, 0) is 10.1 Å². The zero-order chi connectivity index (χ0) is 13.1. The number of nitrogens with zero attached hydrogens (tertiary/aromatic N) is 1. The van der Waals surface area contributed by atoms with Crippen LogP contribution in [0, 0.1) is 10.1 Å². The van der Waals surface area contributed by atoms with Crippen LogP contribution in [0.1, 0.15) is 0 Å². The molecular formula is C8H10N2O6S. The molecule has 3 N–H and O–H groups in total. The molecule has 0 aliphatic rings. The third-order valence-electron chi connectivity index (χ3n) is 1.89. The molecule has 0 unspecified atom stereocenters. The number of hydrogen-bond acceptors (Lipinski definition) is 6. The third kappa shape index (κ3) is 3.37. The number of aliphatic hydroxyl groups excluding tert-OH is 1. The molecule has 8 nitrogen and oxygen atoms in total. The monoisotopic (exact) mass is 262 g/mol. The summed E-state index contributed by atoms with van der Waals surface area (Å²) in [5.41, 5.74) is -0.426. The van der Waals surface area contributed by atoms with Crippen LogP contribution in [0.5, 0.6) is 0 Å². The van der Waals surface area contributed by atoms with Gasteiger partial charge in [0.25, 0.3) is 15.8 Å². The molecule has 94 valence electrons. The molecular weight excluding hydrogens is 252 g/mol. The SMILES string of the molecule is O=[N+]([O-])c1cc(S(=O)(=O)O)ccc1NCCO. The van der Waals surface area contributed by atoms with Gasteiger partial charge < -0.3 is 10.4 Å². The molecule has 0 heterocycles. The fraction of sp³-hybridized carbons (Fsp3) is 0.250. The maximum atomic E-state index is 10.8. The quantitative estimate of drug-likeness (QED) is 0.393. The molecule has 17 heavy (non-hydrogen) atoms. The fourth-order valence-electron chi connectivity index (χ4n) is 1.16. The van der Waals surface area contributed by atoms with Crippen molar-refractivity contribution < 1.29 is 23.0 Å². The van der Waals surface area contributed by atoms with Gasteiger partial charge in [-0.15, -0.1) is 0 Å². The Labute approximate surface area is 96.8 Å². The third-order valence-corrected chi connectivity index (χ3v) is 2.74. The van der Waals surface area contributed by atoms with Gasteiger partial charge in [0.05, 0.1) is 11.5 Å². The van der Waals surface area contributed by atoms with Crippen molar-refractivity contribution in [1.29, 1.82) is 0 Å². The van der Waals surface area contributed by atoms with Crippen molar-refractivity contribution in [2.45, 2.75) is 4.90 Å². The first-order chi connectivity index (χ1) is 7.86. The molecule has 9 heteroatoms. The summed E-state index contributed by atoms with van der Waals surface area (Å²) in [6.45, 7) is -0.136. The van der Waals surface area contributed by atoms with Gasteiger partial charge in [0.2, 0.25) is 0 Å². The molecule has 0 aromatic heterocycles. The van der Waals surface area contributed by atoms with Gasteiger partial charge in [-0.05, 0) is 12.1 Å². The Hall–Kier alpha value is -1.71. The Balaban J connectivity index is 3.22. The van der Waals surface area contributed by atoms with Crippen LogP contribution in [0.3, 0.4) is 0 Å². The lowest BCUT2D eigenvalue weighted by molar-refractivity contribution is -0.384. The van der Waals surface area contributed by atoms with E-state index in [1.807, 2.05) is 0 Å². The van der Waals surface area contributed by atoms with Crippen molar-refractivity contribution in [2.24, 2.45) is 0 Å². The molecule has 0 radical (unpaired) electrons. The molecule has 0 saturated heterocycles. The number of rotatable bonds is 5. The van der Waals surface area contributed by atoms with Crippen LogP contribution in [0.15, 0.2) is 23.1 Å². The zero-order valence-electron chi connectivity index (χ0n) is 8.53. The van der Waals surface area contributed by atoms with E-state index in [4.69, 9.17) is 9.66 Å². The molecule has 1 aromatic rings. The van der Waals surface area contributed by atoms with Gasteiger partial charge in [0.1, 0.15) is 10.6 Å². The second-order valence-corrected chi connectivity index (χ2v) is 4.48.